The second-order valence-electron chi connectivity index (χ2n) is 6.74. The molecule has 0 amide bonds. The molecule has 0 fully saturated rings. The van der Waals surface area contributed by atoms with Crippen molar-refractivity contribution in [1.29, 1.82) is 0 Å². The van der Waals surface area contributed by atoms with Crippen LogP contribution in [0.1, 0.15) is 5.56 Å². The third-order valence-electron chi connectivity index (χ3n) is 4.44. The molecule has 0 N–H and O–H groups in total. The molecule has 0 spiro atoms. The van der Waals surface area contributed by atoms with Crippen molar-refractivity contribution in [2.24, 2.45) is 0 Å². The van der Waals surface area contributed by atoms with E-state index in [4.69, 9.17) is 8.92 Å². The maximum atomic E-state index is 13.5. The van der Waals surface area contributed by atoms with Crippen LogP contribution in [0.5, 0.6) is 5.75 Å². The minimum Gasteiger partial charge on any atom is -0.383 e. The first kappa shape index (κ1) is 22.2. The van der Waals surface area contributed by atoms with Crippen LogP contribution in [0, 0.1) is 0 Å². The van der Waals surface area contributed by atoms with Crippen molar-refractivity contribution < 1.29 is 25.8 Å². The SMILES string of the molecule is COCCN(Cc1ccc(OS(C)(=O)=O)cc1)S(=O)(=O)c1cccc2ccccc12. The van der Waals surface area contributed by atoms with E-state index in [0.717, 1.165) is 11.6 Å². The largest absolute Gasteiger partial charge is 0.383 e. The smallest absolute Gasteiger partial charge is 0.306 e. The Balaban J connectivity index is 1.93. The molecule has 3 rings (SSSR count). The molecule has 0 aliphatic carbocycles. The summed E-state index contributed by atoms with van der Waals surface area (Å²) in [4.78, 5) is 0.230. The van der Waals surface area contributed by atoms with E-state index in [0.29, 0.717) is 10.9 Å². The average molecular weight is 450 g/mol. The Hall–Kier alpha value is -2.46. The summed E-state index contributed by atoms with van der Waals surface area (Å²) in [7, 11) is -5.92. The van der Waals surface area contributed by atoms with Crippen molar-refractivity contribution in [3.8, 4) is 5.75 Å². The number of fused-ring (bicyclic) bond motifs is 1. The van der Waals surface area contributed by atoms with Crippen molar-refractivity contribution >= 4 is 30.9 Å². The van der Waals surface area contributed by atoms with E-state index in [1.165, 1.54) is 23.5 Å². The van der Waals surface area contributed by atoms with Crippen molar-refractivity contribution in [2.45, 2.75) is 11.4 Å². The number of sulfonamides is 1. The molecule has 160 valence electrons. The van der Waals surface area contributed by atoms with E-state index < -0.39 is 20.1 Å². The van der Waals surface area contributed by atoms with E-state index in [1.807, 2.05) is 18.2 Å². The standard InChI is InChI=1S/C21H23NO6S2/c1-27-15-14-22(16-17-10-12-19(13-11-17)28-29(2,23)24)30(25,26)21-9-5-7-18-6-3-4-8-20(18)21/h3-13H,14-16H2,1-2H3. The van der Waals surface area contributed by atoms with Gasteiger partial charge in [-0.05, 0) is 29.1 Å². The normalized spacial score (nSPS) is 12.4. The van der Waals surface area contributed by atoms with Crippen LogP contribution in [0.4, 0.5) is 0 Å². The van der Waals surface area contributed by atoms with Crippen LogP contribution in [0.15, 0.2) is 71.6 Å². The van der Waals surface area contributed by atoms with Gasteiger partial charge in [0.1, 0.15) is 5.75 Å². The summed E-state index contributed by atoms with van der Waals surface area (Å²) >= 11 is 0. The van der Waals surface area contributed by atoms with E-state index in [9.17, 15) is 16.8 Å². The first-order valence-corrected chi connectivity index (χ1v) is 12.4. The fraction of sp³-hybridized carbons (Fsp3) is 0.238. The van der Waals surface area contributed by atoms with Gasteiger partial charge in [-0.2, -0.15) is 12.7 Å². The highest BCUT2D eigenvalue weighted by atomic mass is 32.2. The number of hydrogen-bond donors (Lipinski definition) is 0. The first-order valence-electron chi connectivity index (χ1n) is 9.16. The highest BCUT2D eigenvalue weighted by Gasteiger charge is 2.26. The number of benzene rings is 3. The molecule has 0 bridgehead atoms. The maximum absolute atomic E-state index is 13.5. The zero-order valence-electron chi connectivity index (χ0n) is 16.7. The van der Waals surface area contributed by atoms with Crippen molar-refractivity contribution in [2.75, 3.05) is 26.5 Å². The van der Waals surface area contributed by atoms with Gasteiger partial charge in [-0.15, -0.1) is 0 Å². The molecule has 3 aromatic carbocycles. The van der Waals surface area contributed by atoms with Crippen LogP contribution in [0.3, 0.4) is 0 Å². The van der Waals surface area contributed by atoms with E-state index in [-0.39, 0.29) is 30.3 Å². The minimum atomic E-state index is -3.81. The van der Waals surface area contributed by atoms with E-state index >= 15 is 0 Å². The van der Waals surface area contributed by atoms with Gasteiger partial charge in [0, 0.05) is 25.6 Å². The fourth-order valence-corrected chi connectivity index (χ4v) is 5.15. The van der Waals surface area contributed by atoms with E-state index in [1.54, 1.807) is 36.4 Å². The molecule has 0 atom stereocenters. The Morgan fingerprint density at radius 3 is 2.20 bits per heavy atom. The number of hydrogen-bond acceptors (Lipinski definition) is 6. The molecular formula is C21H23NO6S2. The molecule has 0 heterocycles. The van der Waals surface area contributed by atoms with Crippen molar-refractivity contribution in [3.63, 3.8) is 0 Å². The summed E-state index contributed by atoms with van der Waals surface area (Å²) in [6.45, 7) is 0.511. The minimum absolute atomic E-state index is 0.105. The van der Waals surface area contributed by atoms with Gasteiger partial charge in [0.2, 0.25) is 10.0 Å². The molecule has 0 aliphatic heterocycles. The second-order valence-corrected chi connectivity index (χ2v) is 10.2. The first-order chi connectivity index (χ1) is 14.2. The Morgan fingerprint density at radius 2 is 1.53 bits per heavy atom. The third kappa shape index (κ3) is 5.37. The molecular weight excluding hydrogens is 426 g/mol. The van der Waals surface area contributed by atoms with Gasteiger partial charge in [0.25, 0.3) is 0 Å². The summed E-state index contributed by atoms with van der Waals surface area (Å²) in [6, 6.07) is 18.8. The van der Waals surface area contributed by atoms with Crippen molar-refractivity contribution in [3.05, 3.63) is 72.3 Å². The Morgan fingerprint density at radius 1 is 0.867 bits per heavy atom. The van der Waals surface area contributed by atoms with Crippen LogP contribution in [0.25, 0.3) is 10.8 Å². The predicted molar refractivity (Wildman–Crippen MR) is 115 cm³/mol. The van der Waals surface area contributed by atoms with Crippen LogP contribution >= 0.6 is 0 Å². The second kappa shape index (κ2) is 9.13. The zero-order chi connectivity index (χ0) is 21.8. The molecule has 0 radical (unpaired) electrons. The lowest BCUT2D eigenvalue weighted by Crippen LogP contribution is -2.33. The number of rotatable bonds is 9. The number of nitrogens with zero attached hydrogens (tertiary/aromatic N) is 1. The molecule has 0 unspecified atom stereocenters. The van der Waals surface area contributed by atoms with Gasteiger partial charge in [-0.25, -0.2) is 8.42 Å². The summed E-state index contributed by atoms with van der Waals surface area (Å²) in [6.07, 6.45) is 0.962. The predicted octanol–water partition coefficient (Wildman–Crippen LogP) is 3.02. The number of ether oxygens (including phenoxy) is 1. The summed E-state index contributed by atoms with van der Waals surface area (Å²) in [5, 5.41) is 1.49. The average Bonchev–Trinajstić information content (AvgIpc) is 2.70. The Labute approximate surface area is 177 Å². The summed E-state index contributed by atoms with van der Waals surface area (Å²) in [5.74, 6) is 0.168. The van der Waals surface area contributed by atoms with Gasteiger partial charge in [-0.1, -0.05) is 48.5 Å². The molecule has 0 saturated carbocycles. The summed E-state index contributed by atoms with van der Waals surface area (Å²) < 4.78 is 60.8. The van der Waals surface area contributed by atoms with Gasteiger partial charge in [0.05, 0.1) is 17.8 Å². The van der Waals surface area contributed by atoms with Gasteiger partial charge < -0.3 is 8.92 Å². The quantitative estimate of drug-likeness (QED) is 0.467. The van der Waals surface area contributed by atoms with Crippen LogP contribution in [0.2, 0.25) is 0 Å². The molecule has 7 nitrogen and oxygen atoms in total. The molecule has 9 heteroatoms. The lowest BCUT2D eigenvalue weighted by Gasteiger charge is -2.23. The fourth-order valence-electron chi connectivity index (χ4n) is 3.07. The molecule has 0 saturated heterocycles. The monoisotopic (exact) mass is 449 g/mol. The Bertz CT molecular complexity index is 1220. The maximum Gasteiger partial charge on any atom is 0.306 e. The van der Waals surface area contributed by atoms with Crippen LogP contribution < -0.4 is 4.18 Å². The Kier molecular flexibility index (Phi) is 6.77. The number of methoxy groups -OCH3 is 1. The van der Waals surface area contributed by atoms with Gasteiger partial charge >= 0.3 is 10.1 Å². The molecule has 0 aromatic heterocycles. The topological polar surface area (TPSA) is 90.0 Å². The van der Waals surface area contributed by atoms with E-state index in [2.05, 4.69) is 0 Å². The van der Waals surface area contributed by atoms with Crippen LogP contribution in [-0.2, 0) is 31.4 Å². The summed E-state index contributed by atoms with van der Waals surface area (Å²) in [5.41, 5.74) is 0.691. The molecule has 0 aliphatic rings. The highest BCUT2D eigenvalue weighted by molar-refractivity contribution is 7.89. The molecule has 30 heavy (non-hydrogen) atoms. The van der Waals surface area contributed by atoms with Gasteiger partial charge in [0.15, 0.2) is 0 Å². The lowest BCUT2D eigenvalue weighted by atomic mass is 10.1. The van der Waals surface area contributed by atoms with Gasteiger partial charge in [-0.3, -0.25) is 0 Å². The van der Waals surface area contributed by atoms with Crippen molar-refractivity contribution in [1.82, 2.24) is 4.31 Å². The van der Waals surface area contributed by atoms with Crippen LogP contribution in [-0.4, -0.2) is 47.7 Å². The third-order valence-corrected chi connectivity index (χ3v) is 6.84. The lowest BCUT2D eigenvalue weighted by molar-refractivity contribution is 0.177. The molecule has 3 aromatic rings. The highest BCUT2D eigenvalue weighted by Crippen LogP contribution is 2.27. The zero-order valence-corrected chi connectivity index (χ0v) is 18.3.